The average molecular weight is 329 g/mol. The Bertz CT molecular complexity index is 809. The molecule has 1 aliphatic carbocycles. The van der Waals surface area contributed by atoms with Gasteiger partial charge in [0.05, 0.1) is 11.1 Å². The number of aliphatic imine (C=N–C) groups is 1. The highest BCUT2D eigenvalue weighted by Gasteiger charge is 2.64. The quantitative estimate of drug-likeness (QED) is 0.731. The van der Waals surface area contributed by atoms with Gasteiger partial charge in [-0.1, -0.05) is 6.58 Å². The first-order valence-corrected chi connectivity index (χ1v) is 8.41. The number of alkyl halides is 2. The van der Waals surface area contributed by atoms with E-state index in [0.29, 0.717) is 48.6 Å². The van der Waals surface area contributed by atoms with Crippen LogP contribution in [0.5, 0.6) is 0 Å². The van der Waals surface area contributed by atoms with Gasteiger partial charge in [-0.2, -0.15) is 0 Å². The molecule has 0 aromatic heterocycles. The Kier molecular flexibility index (Phi) is 3.06. The average Bonchev–Trinajstić information content (AvgIpc) is 3.02. The summed E-state index contributed by atoms with van der Waals surface area (Å²) in [5, 5.41) is 8.04. The first-order valence-electron chi connectivity index (χ1n) is 8.41. The van der Waals surface area contributed by atoms with E-state index in [0.717, 1.165) is 16.8 Å². The third kappa shape index (κ3) is 1.81. The van der Waals surface area contributed by atoms with Crippen molar-refractivity contribution in [1.82, 2.24) is 4.90 Å². The lowest BCUT2D eigenvalue weighted by Gasteiger charge is -2.36. The summed E-state index contributed by atoms with van der Waals surface area (Å²) < 4.78 is 29.4. The van der Waals surface area contributed by atoms with E-state index < -0.39 is 11.3 Å². The van der Waals surface area contributed by atoms with Crippen LogP contribution in [0.4, 0.5) is 14.5 Å². The molecule has 2 heterocycles. The minimum Gasteiger partial charge on any atom is -0.329 e. The molecule has 1 aromatic carbocycles. The largest absolute Gasteiger partial charge is 0.329 e. The third-order valence-corrected chi connectivity index (χ3v) is 5.75. The van der Waals surface area contributed by atoms with E-state index in [9.17, 15) is 8.78 Å². The molecule has 3 nitrogen and oxygen atoms in total. The Morgan fingerprint density at radius 1 is 1.29 bits per heavy atom. The smallest absolute Gasteiger partial charge is 0.260 e. The second-order valence-corrected chi connectivity index (χ2v) is 7.26. The van der Waals surface area contributed by atoms with Crippen molar-refractivity contribution >= 4 is 22.9 Å². The first kappa shape index (κ1) is 15.5. The Morgan fingerprint density at radius 3 is 2.67 bits per heavy atom. The number of fused-ring (bicyclic) bond motifs is 3. The number of benzene rings is 1. The van der Waals surface area contributed by atoms with Gasteiger partial charge in [-0.3, -0.25) is 0 Å². The van der Waals surface area contributed by atoms with E-state index in [2.05, 4.69) is 6.58 Å². The molecule has 1 aromatic rings. The van der Waals surface area contributed by atoms with E-state index >= 15 is 0 Å². The lowest BCUT2D eigenvalue weighted by Crippen LogP contribution is -2.44. The van der Waals surface area contributed by atoms with E-state index in [-0.39, 0.29) is 6.42 Å². The number of rotatable bonds is 1. The molecule has 24 heavy (non-hydrogen) atoms. The minimum atomic E-state index is -2.72. The highest BCUT2D eigenvalue weighted by Crippen LogP contribution is 2.59. The number of hydrogen-bond acceptors (Lipinski definition) is 3. The zero-order valence-corrected chi connectivity index (χ0v) is 14.0. The predicted molar refractivity (Wildman–Crippen MR) is 92.4 cm³/mol. The molecule has 1 unspecified atom stereocenters. The van der Waals surface area contributed by atoms with Crippen LogP contribution in [0, 0.1) is 17.7 Å². The first-order chi connectivity index (χ1) is 11.3. The van der Waals surface area contributed by atoms with Crippen molar-refractivity contribution in [1.29, 1.82) is 5.41 Å². The van der Waals surface area contributed by atoms with Crippen molar-refractivity contribution in [3.05, 3.63) is 35.4 Å². The van der Waals surface area contributed by atoms with Crippen molar-refractivity contribution < 1.29 is 8.78 Å². The number of hydrogen-bond donors (Lipinski definition) is 1. The van der Waals surface area contributed by atoms with Gasteiger partial charge in [0.1, 0.15) is 5.84 Å². The maximum Gasteiger partial charge on any atom is 0.260 e. The standard InChI is InChI=1S/C19H21F2N3/c1-11-9-14(12(2)22)16-15(10-11)13(3)24-8-7-18(17(24)23-16)5-4-6-19(18,20)21/h9-10,22H,3-8H2,1-2H3. The highest BCUT2D eigenvalue weighted by molar-refractivity contribution is 6.09. The molecule has 0 bridgehead atoms. The summed E-state index contributed by atoms with van der Waals surface area (Å²) in [5.74, 6) is -2.25. The summed E-state index contributed by atoms with van der Waals surface area (Å²) in [5.41, 5.74) is 3.20. The molecule has 1 N–H and O–H groups in total. The second-order valence-electron chi connectivity index (χ2n) is 7.26. The van der Waals surface area contributed by atoms with E-state index in [1.54, 1.807) is 6.92 Å². The van der Waals surface area contributed by atoms with E-state index in [1.165, 1.54) is 0 Å². The molecule has 4 rings (SSSR count). The normalized spacial score (nSPS) is 27.2. The Labute approximate surface area is 140 Å². The van der Waals surface area contributed by atoms with Gasteiger partial charge in [0.2, 0.25) is 0 Å². The lowest BCUT2D eigenvalue weighted by molar-refractivity contribution is -0.0628. The molecule has 0 radical (unpaired) electrons. The number of amidine groups is 1. The molecule has 126 valence electrons. The molecule has 3 aliphatic rings. The van der Waals surface area contributed by atoms with Crippen LogP contribution in [0.15, 0.2) is 23.7 Å². The van der Waals surface area contributed by atoms with Crippen LogP contribution < -0.4 is 0 Å². The molecule has 1 saturated heterocycles. The van der Waals surface area contributed by atoms with Crippen molar-refractivity contribution in [3.63, 3.8) is 0 Å². The number of halogens is 2. The summed E-state index contributed by atoms with van der Waals surface area (Å²) in [6, 6.07) is 3.89. The molecule has 2 aliphatic heterocycles. The summed E-state index contributed by atoms with van der Waals surface area (Å²) in [7, 11) is 0. The van der Waals surface area contributed by atoms with Crippen LogP contribution >= 0.6 is 0 Å². The molecule has 1 saturated carbocycles. The highest BCUT2D eigenvalue weighted by atomic mass is 19.3. The van der Waals surface area contributed by atoms with Crippen molar-refractivity contribution in [2.24, 2.45) is 10.4 Å². The second kappa shape index (κ2) is 4.74. The van der Waals surface area contributed by atoms with Gasteiger partial charge in [0, 0.05) is 35.5 Å². The van der Waals surface area contributed by atoms with E-state index in [4.69, 9.17) is 10.4 Å². The van der Waals surface area contributed by atoms with E-state index in [1.807, 2.05) is 24.0 Å². The van der Waals surface area contributed by atoms with Gasteiger partial charge >= 0.3 is 0 Å². The van der Waals surface area contributed by atoms with Gasteiger partial charge in [-0.15, -0.1) is 0 Å². The van der Waals surface area contributed by atoms with Crippen molar-refractivity contribution in [3.8, 4) is 0 Å². The van der Waals surface area contributed by atoms with Crippen LogP contribution in [0.2, 0.25) is 0 Å². The number of nitrogens with one attached hydrogen (secondary N) is 1. The topological polar surface area (TPSA) is 39.5 Å². The predicted octanol–water partition coefficient (Wildman–Crippen LogP) is 4.91. The molecule has 5 heteroatoms. The molecular weight excluding hydrogens is 308 g/mol. The van der Waals surface area contributed by atoms with Gasteiger partial charge in [-0.25, -0.2) is 13.8 Å². The van der Waals surface area contributed by atoms with Gasteiger partial charge in [0.25, 0.3) is 5.92 Å². The van der Waals surface area contributed by atoms with Gasteiger partial charge in [0.15, 0.2) is 0 Å². The Morgan fingerprint density at radius 2 is 2.04 bits per heavy atom. The lowest BCUT2D eigenvalue weighted by atomic mass is 9.80. The summed E-state index contributed by atoms with van der Waals surface area (Å²) in [6.07, 6.45) is 1.36. The summed E-state index contributed by atoms with van der Waals surface area (Å²) in [6.45, 7) is 8.39. The maximum atomic E-state index is 14.7. The molecule has 1 atom stereocenters. The molecular formula is C19H21F2N3. The zero-order chi connectivity index (χ0) is 17.3. The molecule has 1 spiro atoms. The fraction of sp³-hybridized carbons (Fsp3) is 0.474. The van der Waals surface area contributed by atoms with Gasteiger partial charge < -0.3 is 10.3 Å². The summed E-state index contributed by atoms with van der Waals surface area (Å²) in [4.78, 5) is 6.59. The summed E-state index contributed by atoms with van der Waals surface area (Å²) >= 11 is 0. The number of aryl methyl sites for hydroxylation is 1. The van der Waals surface area contributed by atoms with Crippen molar-refractivity contribution in [2.75, 3.05) is 6.54 Å². The monoisotopic (exact) mass is 329 g/mol. The fourth-order valence-corrected chi connectivity index (χ4v) is 4.48. The molecule has 2 fully saturated rings. The SMILES string of the molecule is C=C1c2cc(C)cc(C(C)=N)c2N=C2N1CCC21CCCC1(F)F. The molecule has 0 amide bonds. The third-order valence-electron chi connectivity index (χ3n) is 5.75. The minimum absolute atomic E-state index is 0.0659. The zero-order valence-electron chi connectivity index (χ0n) is 14.0. The van der Waals surface area contributed by atoms with Crippen LogP contribution in [0.3, 0.4) is 0 Å². The Hall–Kier alpha value is -2.04. The van der Waals surface area contributed by atoms with Crippen LogP contribution in [0.1, 0.15) is 49.3 Å². The maximum absolute atomic E-state index is 14.7. The Balaban J connectivity index is 1.97. The number of nitrogens with zero attached hydrogens (tertiary/aromatic N) is 2. The van der Waals surface area contributed by atoms with Crippen LogP contribution in [-0.4, -0.2) is 28.9 Å². The fourth-order valence-electron chi connectivity index (χ4n) is 4.48. The van der Waals surface area contributed by atoms with Crippen LogP contribution in [0.25, 0.3) is 5.70 Å². The van der Waals surface area contributed by atoms with Crippen LogP contribution in [-0.2, 0) is 0 Å². The van der Waals surface area contributed by atoms with Gasteiger partial charge in [-0.05, 0) is 50.8 Å². The van der Waals surface area contributed by atoms with Crippen molar-refractivity contribution in [2.45, 2.75) is 45.5 Å².